The molecule has 0 amide bonds. The van der Waals surface area contributed by atoms with Gasteiger partial charge in [0.15, 0.2) is 0 Å². The Hall–Kier alpha value is -2.63. The number of rotatable bonds is 7. The van der Waals surface area contributed by atoms with E-state index in [1.54, 1.807) is 13.4 Å². The van der Waals surface area contributed by atoms with Crippen LogP contribution in [0.15, 0.2) is 65.9 Å². The van der Waals surface area contributed by atoms with E-state index in [0.717, 1.165) is 47.5 Å². The molecule has 5 nitrogen and oxygen atoms in total. The summed E-state index contributed by atoms with van der Waals surface area (Å²) in [6, 6.07) is 12.3. The SMILES string of the molecule is C=C[C@H]1CN2CCC1C[C@H]2[C@H](OCc1ccco1)c1ccnc2ccc(OC)cc12. The first-order valence-corrected chi connectivity index (χ1v) is 10.7. The van der Waals surface area contributed by atoms with Crippen molar-refractivity contribution in [2.24, 2.45) is 11.8 Å². The zero-order valence-corrected chi connectivity index (χ0v) is 17.4. The molecule has 0 radical (unpaired) electrons. The summed E-state index contributed by atoms with van der Waals surface area (Å²) in [5.41, 5.74) is 2.12. The average Bonchev–Trinajstić information content (AvgIpc) is 3.33. The number of nitrogens with zero attached hydrogens (tertiary/aromatic N) is 2. The lowest BCUT2D eigenvalue weighted by Crippen LogP contribution is -2.55. The van der Waals surface area contributed by atoms with Crippen LogP contribution < -0.4 is 4.74 Å². The maximum atomic E-state index is 6.59. The van der Waals surface area contributed by atoms with E-state index in [1.165, 1.54) is 6.42 Å². The molecule has 5 atom stereocenters. The van der Waals surface area contributed by atoms with E-state index in [2.05, 4.69) is 34.7 Å². The summed E-state index contributed by atoms with van der Waals surface area (Å²) >= 11 is 0. The molecular weight excluding hydrogens is 376 g/mol. The minimum Gasteiger partial charge on any atom is -0.497 e. The first-order chi connectivity index (χ1) is 14.8. The van der Waals surface area contributed by atoms with Gasteiger partial charge in [-0.15, -0.1) is 6.58 Å². The molecule has 2 aromatic heterocycles. The number of benzene rings is 1. The molecule has 30 heavy (non-hydrogen) atoms. The molecule has 3 fully saturated rings. The number of ether oxygens (including phenoxy) is 2. The van der Waals surface area contributed by atoms with Crippen molar-refractivity contribution < 1.29 is 13.9 Å². The molecule has 3 aliphatic rings. The molecule has 3 aromatic rings. The van der Waals surface area contributed by atoms with Gasteiger partial charge in [-0.25, -0.2) is 0 Å². The zero-order valence-electron chi connectivity index (χ0n) is 17.4. The van der Waals surface area contributed by atoms with Crippen molar-refractivity contribution >= 4 is 10.9 Å². The van der Waals surface area contributed by atoms with Crippen LogP contribution in [0.1, 0.15) is 30.3 Å². The molecule has 2 bridgehead atoms. The highest BCUT2D eigenvalue weighted by Crippen LogP contribution is 2.43. The monoisotopic (exact) mass is 404 g/mol. The third-order valence-electron chi connectivity index (χ3n) is 6.78. The Morgan fingerprint density at radius 3 is 3.00 bits per heavy atom. The Balaban J connectivity index is 1.53. The second-order valence-electron chi connectivity index (χ2n) is 8.34. The largest absolute Gasteiger partial charge is 0.497 e. The summed E-state index contributed by atoms with van der Waals surface area (Å²) in [6.45, 7) is 6.70. The Labute approximate surface area is 177 Å². The number of fused-ring (bicyclic) bond motifs is 4. The van der Waals surface area contributed by atoms with Crippen molar-refractivity contribution in [3.05, 3.63) is 72.8 Å². The molecule has 0 N–H and O–H groups in total. The number of furan rings is 1. The van der Waals surface area contributed by atoms with Crippen LogP contribution in [0.5, 0.6) is 5.75 Å². The van der Waals surface area contributed by atoms with Crippen LogP contribution in [0.3, 0.4) is 0 Å². The number of aromatic nitrogens is 1. The summed E-state index contributed by atoms with van der Waals surface area (Å²) < 4.78 is 17.6. The van der Waals surface area contributed by atoms with Crippen LogP contribution in [0.4, 0.5) is 0 Å². The lowest BCUT2D eigenvalue weighted by Gasteiger charge is -2.51. The highest BCUT2D eigenvalue weighted by atomic mass is 16.5. The molecule has 0 spiro atoms. The van der Waals surface area contributed by atoms with Gasteiger partial charge < -0.3 is 13.9 Å². The van der Waals surface area contributed by atoms with E-state index in [0.29, 0.717) is 24.5 Å². The van der Waals surface area contributed by atoms with E-state index < -0.39 is 0 Å². The number of pyridine rings is 1. The van der Waals surface area contributed by atoms with Crippen LogP contribution in [0.2, 0.25) is 0 Å². The third kappa shape index (κ3) is 3.53. The van der Waals surface area contributed by atoms with Gasteiger partial charge in [0, 0.05) is 24.2 Å². The maximum absolute atomic E-state index is 6.59. The van der Waals surface area contributed by atoms with Gasteiger partial charge in [-0.2, -0.15) is 0 Å². The van der Waals surface area contributed by atoms with Crippen molar-refractivity contribution in [3.63, 3.8) is 0 Å². The number of hydrogen-bond acceptors (Lipinski definition) is 5. The second kappa shape index (κ2) is 8.25. The molecule has 156 valence electrons. The number of hydrogen-bond donors (Lipinski definition) is 0. The Kier molecular flexibility index (Phi) is 5.32. The minimum atomic E-state index is -0.0683. The molecular formula is C25H28N2O3. The predicted molar refractivity (Wildman–Crippen MR) is 116 cm³/mol. The lowest BCUT2D eigenvalue weighted by molar-refractivity contribution is -0.0831. The van der Waals surface area contributed by atoms with Gasteiger partial charge in [-0.3, -0.25) is 9.88 Å². The zero-order chi connectivity index (χ0) is 20.5. The summed E-state index contributed by atoms with van der Waals surface area (Å²) in [5.74, 6) is 2.93. The molecule has 5 heteroatoms. The smallest absolute Gasteiger partial charge is 0.129 e. The molecule has 3 saturated heterocycles. The van der Waals surface area contributed by atoms with Gasteiger partial charge in [0.05, 0.1) is 25.0 Å². The van der Waals surface area contributed by atoms with Crippen molar-refractivity contribution in [3.8, 4) is 5.75 Å². The van der Waals surface area contributed by atoms with E-state index in [4.69, 9.17) is 13.9 Å². The summed E-state index contributed by atoms with van der Waals surface area (Å²) in [6.07, 6.45) is 8.01. The van der Waals surface area contributed by atoms with Crippen LogP contribution in [-0.2, 0) is 11.3 Å². The molecule has 2 unspecified atom stereocenters. The fraction of sp³-hybridized carbons (Fsp3) is 0.400. The molecule has 5 heterocycles. The normalized spacial score (nSPS) is 26.6. The van der Waals surface area contributed by atoms with Gasteiger partial charge in [0.2, 0.25) is 0 Å². The Bertz CT molecular complexity index is 1020. The Morgan fingerprint density at radius 2 is 2.27 bits per heavy atom. The van der Waals surface area contributed by atoms with Crippen LogP contribution in [0.25, 0.3) is 10.9 Å². The number of piperidine rings is 3. The van der Waals surface area contributed by atoms with E-state index in [9.17, 15) is 0 Å². The van der Waals surface area contributed by atoms with Gasteiger partial charge in [-0.1, -0.05) is 6.08 Å². The minimum absolute atomic E-state index is 0.0683. The highest BCUT2D eigenvalue weighted by molar-refractivity contribution is 5.84. The van der Waals surface area contributed by atoms with Gasteiger partial charge in [0.1, 0.15) is 18.1 Å². The predicted octanol–water partition coefficient (Wildman–Crippen LogP) is 4.99. The van der Waals surface area contributed by atoms with E-state index in [1.807, 2.05) is 30.5 Å². The second-order valence-corrected chi connectivity index (χ2v) is 8.34. The fourth-order valence-electron chi connectivity index (χ4n) is 5.19. The summed E-state index contributed by atoms with van der Waals surface area (Å²) in [7, 11) is 1.70. The highest BCUT2D eigenvalue weighted by Gasteiger charge is 2.43. The quantitative estimate of drug-likeness (QED) is 0.519. The van der Waals surface area contributed by atoms with Gasteiger partial charge >= 0.3 is 0 Å². The van der Waals surface area contributed by atoms with Gasteiger partial charge in [-0.05, 0) is 73.2 Å². The topological polar surface area (TPSA) is 47.7 Å². The van der Waals surface area contributed by atoms with E-state index >= 15 is 0 Å². The third-order valence-corrected chi connectivity index (χ3v) is 6.78. The standard InChI is InChI=1S/C25H28N2O3/c1-3-17-15-27-11-9-18(17)13-24(27)25(30-16-20-5-4-12-29-20)21-8-10-26-23-7-6-19(28-2)14-22(21)23/h3-8,10,12,14,17-18,24-25H,1,9,11,13,15-16H2,2H3/t17-,18?,24-,25+/m0/s1. The molecule has 0 saturated carbocycles. The molecule has 0 aliphatic carbocycles. The molecule has 3 aliphatic heterocycles. The summed E-state index contributed by atoms with van der Waals surface area (Å²) in [4.78, 5) is 7.16. The van der Waals surface area contributed by atoms with Gasteiger partial charge in [0.25, 0.3) is 0 Å². The van der Waals surface area contributed by atoms with Crippen LogP contribution in [-0.4, -0.2) is 36.1 Å². The van der Waals surface area contributed by atoms with Crippen molar-refractivity contribution in [2.45, 2.75) is 31.6 Å². The molecule has 6 rings (SSSR count). The first-order valence-electron chi connectivity index (χ1n) is 10.7. The van der Waals surface area contributed by atoms with Crippen molar-refractivity contribution in [1.82, 2.24) is 9.88 Å². The maximum Gasteiger partial charge on any atom is 0.129 e. The van der Waals surface area contributed by atoms with Crippen LogP contribution in [0, 0.1) is 11.8 Å². The van der Waals surface area contributed by atoms with E-state index in [-0.39, 0.29) is 6.10 Å². The average molecular weight is 405 g/mol. The molecule has 1 aromatic carbocycles. The Morgan fingerprint density at radius 1 is 1.33 bits per heavy atom. The van der Waals surface area contributed by atoms with Crippen molar-refractivity contribution in [2.75, 3.05) is 20.2 Å². The lowest BCUT2D eigenvalue weighted by atomic mass is 9.73. The fourth-order valence-corrected chi connectivity index (χ4v) is 5.19. The first kappa shape index (κ1) is 19.3. The summed E-state index contributed by atoms with van der Waals surface area (Å²) in [5, 5.41) is 1.09. The van der Waals surface area contributed by atoms with Crippen molar-refractivity contribution in [1.29, 1.82) is 0 Å². The van der Waals surface area contributed by atoms with Crippen LogP contribution >= 0.6 is 0 Å². The number of methoxy groups -OCH3 is 1.